The van der Waals surface area contributed by atoms with Gasteiger partial charge in [0.2, 0.25) is 0 Å². The van der Waals surface area contributed by atoms with Gasteiger partial charge in [0.25, 0.3) is 0 Å². The summed E-state index contributed by atoms with van der Waals surface area (Å²) in [5.41, 5.74) is 1.12. The maximum absolute atomic E-state index is 9.16. The lowest BCUT2D eigenvalue weighted by molar-refractivity contribution is 0.217. The average molecular weight is 197 g/mol. The maximum atomic E-state index is 9.16. The van der Waals surface area contributed by atoms with Crippen LogP contribution in [0.2, 0.25) is 0 Å². The summed E-state index contributed by atoms with van der Waals surface area (Å²) in [6, 6.07) is 2.42. The van der Waals surface area contributed by atoms with Crippen LogP contribution in [0.1, 0.15) is 19.5 Å². The highest BCUT2D eigenvalue weighted by Crippen LogP contribution is 1.98. The molecule has 0 aromatic carbocycles. The summed E-state index contributed by atoms with van der Waals surface area (Å²) in [7, 11) is 0. The van der Waals surface area contributed by atoms with E-state index in [4.69, 9.17) is 5.11 Å². The van der Waals surface area contributed by atoms with Crippen LogP contribution >= 0.6 is 0 Å². The first-order valence-corrected chi connectivity index (χ1v) is 4.98. The Balaban J connectivity index is 2.52. The first-order valence-electron chi connectivity index (χ1n) is 4.98. The van der Waals surface area contributed by atoms with Gasteiger partial charge >= 0.3 is 0 Å². The highest BCUT2D eigenvalue weighted by atomic mass is 16.3. The number of hydrogen-bond donors (Lipinski definition) is 2. The lowest BCUT2D eigenvalue weighted by Gasteiger charge is -2.19. The lowest BCUT2D eigenvalue weighted by atomic mass is 10.2. The highest BCUT2D eigenvalue weighted by Gasteiger charge is 2.10. The van der Waals surface area contributed by atoms with Crippen molar-refractivity contribution in [2.45, 2.75) is 39.4 Å². The molecule has 0 spiro atoms. The van der Waals surface area contributed by atoms with Gasteiger partial charge in [0, 0.05) is 17.9 Å². The van der Waals surface area contributed by atoms with Gasteiger partial charge in [-0.2, -0.15) is 5.10 Å². The molecule has 2 N–H and O–H groups in total. The molecule has 1 rings (SSSR count). The van der Waals surface area contributed by atoms with E-state index in [1.54, 1.807) is 6.20 Å². The topological polar surface area (TPSA) is 50.1 Å². The monoisotopic (exact) mass is 197 g/mol. The molecule has 1 atom stereocenters. The van der Waals surface area contributed by atoms with Crippen molar-refractivity contribution in [3.8, 4) is 0 Å². The van der Waals surface area contributed by atoms with Gasteiger partial charge in [-0.25, -0.2) is 0 Å². The summed E-state index contributed by atoms with van der Waals surface area (Å²) >= 11 is 0. The van der Waals surface area contributed by atoms with Crippen molar-refractivity contribution >= 4 is 0 Å². The van der Waals surface area contributed by atoms with Crippen molar-refractivity contribution in [2.24, 2.45) is 0 Å². The second-order valence-electron chi connectivity index (χ2n) is 3.86. The van der Waals surface area contributed by atoms with Crippen LogP contribution in [0.4, 0.5) is 0 Å². The summed E-state index contributed by atoms with van der Waals surface area (Å²) in [6.45, 7) is 7.00. The zero-order valence-electron chi connectivity index (χ0n) is 9.07. The van der Waals surface area contributed by atoms with E-state index < -0.39 is 0 Å². The van der Waals surface area contributed by atoms with Crippen LogP contribution in [0.5, 0.6) is 0 Å². The molecule has 1 unspecified atom stereocenters. The number of aromatic nitrogens is 2. The minimum atomic E-state index is 0.0774. The number of rotatable bonds is 5. The molecule has 1 aromatic heterocycles. The summed E-state index contributed by atoms with van der Waals surface area (Å²) in [6.07, 6.45) is 1.78. The number of nitrogens with one attached hydrogen (secondary N) is 1. The van der Waals surface area contributed by atoms with E-state index in [0.29, 0.717) is 12.6 Å². The predicted molar refractivity (Wildman–Crippen MR) is 56.1 cm³/mol. The molecular weight excluding hydrogens is 178 g/mol. The minimum absolute atomic E-state index is 0.0774. The minimum Gasteiger partial charge on any atom is -0.395 e. The highest BCUT2D eigenvalue weighted by molar-refractivity contribution is 4.97. The predicted octanol–water partition coefficient (Wildman–Crippen LogP) is 0.550. The average Bonchev–Trinajstić information content (AvgIpc) is 2.50. The van der Waals surface area contributed by atoms with Crippen molar-refractivity contribution in [2.75, 3.05) is 6.61 Å². The zero-order chi connectivity index (χ0) is 10.6. The maximum Gasteiger partial charge on any atom is 0.0602 e. The van der Waals surface area contributed by atoms with Crippen LogP contribution in [0.3, 0.4) is 0 Å². The van der Waals surface area contributed by atoms with E-state index in [2.05, 4.69) is 24.3 Å². The molecule has 0 fully saturated rings. The Kier molecular flexibility index (Phi) is 4.10. The summed E-state index contributed by atoms with van der Waals surface area (Å²) in [5, 5.41) is 16.6. The summed E-state index contributed by atoms with van der Waals surface area (Å²) < 4.78 is 1.90. The second-order valence-corrected chi connectivity index (χ2v) is 3.86. The van der Waals surface area contributed by atoms with Gasteiger partial charge in [-0.3, -0.25) is 4.68 Å². The molecule has 80 valence electrons. The largest absolute Gasteiger partial charge is 0.395 e. The fourth-order valence-electron chi connectivity index (χ4n) is 1.43. The van der Waals surface area contributed by atoms with Crippen LogP contribution in [0.25, 0.3) is 0 Å². The standard InChI is InChI=1S/C10H19N3O/c1-8(2)12-10(7-14)6-13-9(3)4-5-11-13/h4-5,8,10,12,14H,6-7H2,1-3H3. The Bertz CT molecular complexity index is 270. The Morgan fingerprint density at radius 1 is 1.57 bits per heavy atom. The fraction of sp³-hybridized carbons (Fsp3) is 0.700. The molecule has 0 radical (unpaired) electrons. The molecule has 0 aliphatic heterocycles. The molecule has 1 aromatic rings. The smallest absolute Gasteiger partial charge is 0.0602 e. The van der Waals surface area contributed by atoms with E-state index in [9.17, 15) is 0 Å². The normalized spacial score (nSPS) is 13.5. The molecule has 0 bridgehead atoms. The van der Waals surface area contributed by atoms with Gasteiger partial charge in [-0.15, -0.1) is 0 Å². The Hall–Kier alpha value is -0.870. The molecule has 0 saturated heterocycles. The van der Waals surface area contributed by atoms with Gasteiger partial charge < -0.3 is 10.4 Å². The Morgan fingerprint density at radius 2 is 2.29 bits per heavy atom. The fourth-order valence-corrected chi connectivity index (χ4v) is 1.43. The van der Waals surface area contributed by atoms with Crippen LogP contribution in [0.15, 0.2) is 12.3 Å². The van der Waals surface area contributed by atoms with Crippen LogP contribution in [-0.2, 0) is 6.54 Å². The van der Waals surface area contributed by atoms with E-state index in [0.717, 1.165) is 5.69 Å². The lowest BCUT2D eigenvalue weighted by Crippen LogP contribution is -2.40. The first kappa shape index (κ1) is 11.2. The number of nitrogens with zero attached hydrogens (tertiary/aromatic N) is 2. The zero-order valence-corrected chi connectivity index (χ0v) is 9.07. The Morgan fingerprint density at radius 3 is 2.71 bits per heavy atom. The Labute approximate surface area is 84.9 Å². The first-order chi connectivity index (χ1) is 6.63. The van der Waals surface area contributed by atoms with Gasteiger partial charge in [-0.1, -0.05) is 13.8 Å². The number of aliphatic hydroxyl groups is 1. The van der Waals surface area contributed by atoms with Crippen LogP contribution in [-0.4, -0.2) is 33.6 Å². The van der Waals surface area contributed by atoms with Gasteiger partial charge in [0.1, 0.15) is 0 Å². The van der Waals surface area contributed by atoms with E-state index >= 15 is 0 Å². The van der Waals surface area contributed by atoms with Gasteiger partial charge in [0.15, 0.2) is 0 Å². The van der Waals surface area contributed by atoms with Gasteiger partial charge in [-0.05, 0) is 13.0 Å². The number of aryl methyl sites for hydroxylation is 1. The molecule has 14 heavy (non-hydrogen) atoms. The number of hydrogen-bond acceptors (Lipinski definition) is 3. The van der Waals surface area contributed by atoms with Crippen molar-refractivity contribution < 1.29 is 5.11 Å². The summed E-state index contributed by atoms with van der Waals surface area (Å²) in [4.78, 5) is 0. The quantitative estimate of drug-likeness (QED) is 0.725. The van der Waals surface area contributed by atoms with Crippen LogP contribution in [0, 0.1) is 6.92 Å². The van der Waals surface area contributed by atoms with Crippen molar-refractivity contribution in [1.82, 2.24) is 15.1 Å². The van der Waals surface area contributed by atoms with Crippen LogP contribution < -0.4 is 5.32 Å². The summed E-state index contributed by atoms with van der Waals surface area (Å²) in [5.74, 6) is 0. The third-order valence-corrected chi connectivity index (χ3v) is 2.11. The molecule has 1 heterocycles. The van der Waals surface area contributed by atoms with Crippen molar-refractivity contribution in [3.05, 3.63) is 18.0 Å². The van der Waals surface area contributed by atoms with Crippen molar-refractivity contribution in [3.63, 3.8) is 0 Å². The molecule has 4 heteroatoms. The molecule has 0 aliphatic rings. The molecule has 0 aliphatic carbocycles. The molecule has 0 saturated carbocycles. The molecule has 0 amide bonds. The number of aliphatic hydroxyl groups excluding tert-OH is 1. The van der Waals surface area contributed by atoms with Crippen molar-refractivity contribution in [1.29, 1.82) is 0 Å². The molecular formula is C10H19N3O. The van der Waals surface area contributed by atoms with E-state index in [1.165, 1.54) is 0 Å². The van der Waals surface area contributed by atoms with Gasteiger partial charge in [0.05, 0.1) is 19.2 Å². The second kappa shape index (κ2) is 5.12. The molecule has 4 nitrogen and oxygen atoms in total. The SMILES string of the molecule is Cc1ccnn1CC(CO)NC(C)C. The van der Waals surface area contributed by atoms with E-state index in [1.807, 2.05) is 17.7 Å². The van der Waals surface area contributed by atoms with E-state index in [-0.39, 0.29) is 12.6 Å². The third kappa shape index (κ3) is 3.12. The third-order valence-electron chi connectivity index (χ3n) is 2.11.